The van der Waals surface area contributed by atoms with Gasteiger partial charge in [0.05, 0.1) is 6.42 Å². The van der Waals surface area contributed by atoms with Gasteiger partial charge in [0.2, 0.25) is 0 Å². The van der Waals surface area contributed by atoms with Gasteiger partial charge in [-0.1, -0.05) is 36.4 Å². The summed E-state index contributed by atoms with van der Waals surface area (Å²) in [5.41, 5.74) is 4.25. The van der Waals surface area contributed by atoms with Crippen molar-refractivity contribution in [3.8, 4) is 11.1 Å². The number of piperazine rings is 1. The molecule has 1 aliphatic rings. The lowest BCUT2D eigenvalue weighted by atomic mass is 10.0. The third kappa shape index (κ3) is 3.46. The molecule has 0 spiro atoms. The van der Waals surface area contributed by atoms with Crippen LogP contribution in [0.25, 0.3) is 11.1 Å². The van der Waals surface area contributed by atoms with Gasteiger partial charge >= 0.3 is 5.97 Å². The van der Waals surface area contributed by atoms with Crippen LogP contribution in [0, 0.1) is 0 Å². The largest absolute Gasteiger partial charge is 0.481 e. The molecular formula is C18H20N2O2. The van der Waals surface area contributed by atoms with Crippen molar-refractivity contribution in [2.24, 2.45) is 0 Å². The lowest BCUT2D eigenvalue weighted by Gasteiger charge is -2.29. The minimum Gasteiger partial charge on any atom is -0.481 e. The van der Waals surface area contributed by atoms with Crippen molar-refractivity contribution in [2.75, 3.05) is 31.1 Å². The molecule has 0 saturated carbocycles. The van der Waals surface area contributed by atoms with E-state index in [9.17, 15) is 4.79 Å². The molecule has 0 bridgehead atoms. The van der Waals surface area contributed by atoms with Crippen molar-refractivity contribution in [1.82, 2.24) is 5.32 Å². The summed E-state index contributed by atoms with van der Waals surface area (Å²) in [6.45, 7) is 4.06. The summed E-state index contributed by atoms with van der Waals surface area (Å²) in [5.74, 6) is -0.799. The Hall–Kier alpha value is -2.33. The summed E-state index contributed by atoms with van der Waals surface area (Å²) in [6.07, 6.45) is 0.0608. The minimum absolute atomic E-state index is 0.0608. The quantitative estimate of drug-likeness (QED) is 0.909. The number of anilines is 1. The van der Waals surface area contributed by atoms with Gasteiger partial charge in [0.1, 0.15) is 0 Å². The molecule has 0 amide bonds. The van der Waals surface area contributed by atoms with Crippen molar-refractivity contribution in [3.63, 3.8) is 0 Å². The van der Waals surface area contributed by atoms with E-state index in [0.29, 0.717) is 0 Å². The second-order valence-electron chi connectivity index (χ2n) is 5.56. The van der Waals surface area contributed by atoms with Crippen LogP contribution in [-0.4, -0.2) is 37.3 Å². The first-order valence-electron chi connectivity index (χ1n) is 7.59. The lowest BCUT2D eigenvalue weighted by molar-refractivity contribution is -0.136. The van der Waals surface area contributed by atoms with Gasteiger partial charge < -0.3 is 15.3 Å². The molecule has 1 heterocycles. The Morgan fingerprint density at radius 2 is 1.73 bits per heavy atom. The van der Waals surface area contributed by atoms with Crippen LogP contribution in [0.3, 0.4) is 0 Å². The summed E-state index contributed by atoms with van der Waals surface area (Å²) < 4.78 is 0. The zero-order chi connectivity index (χ0) is 15.4. The molecule has 0 aromatic heterocycles. The van der Waals surface area contributed by atoms with E-state index in [0.717, 1.165) is 42.9 Å². The Bertz CT molecular complexity index is 664. The molecule has 1 saturated heterocycles. The minimum atomic E-state index is -0.799. The average Bonchev–Trinajstić information content (AvgIpc) is 2.55. The summed E-state index contributed by atoms with van der Waals surface area (Å²) in [4.78, 5) is 13.2. The smallest absolute Gasteiger partial charge is 0.307 e. The molecular weight excluding hydrogens is 276 g/mol. The zero-order valence-electron chi connectivity index (χ0n) is 12.5. The fourth-order valence-electron chi connectivity index (χ4n) is 2.84. The van der Waals surface area contributed by atoms with Crippen LogP contribution in [-0.2, 0) is 11.2 Å². The normalized spacial score (nSPS) is 14.8. The first-order valence-corrected chi connectivity index (χ1v) is 7.59. The van der Waals surface area contributed by atoms with E-state index in [1.54, 1.807) is 0 Å². The van der Waals surface area contributed by atoms with Crippen LogP contribution >= 0.6 is 0 Å². The summed E-state index contributed by atoms with van der Waals surface area (Å²) in [7, 11) is 0. The molecule has 22 heavy (non-hydrogen) atoms. The Balaban J connectivity index is 1.86. The van der Waals surface area contributed by atoms with Gasteiger partial charge in [0.25, 0.3) is 0 Å². The number of hydrogen-bond acceptors (Lipinski definition) is 3. The van der Waals surface area contributed by atoms with Crippen LogP contribution in [0.1, 0.15) is 5.56 Å². The summed E-state index contributed by atoms with van der Waals surface area (Å²) in [5, 5.41) is 12.3. The fourth-order valence-corrected chi connectivity index (χ4v) is 2.84. The number of nitrogens with zero attached hydrogens (tertiary/aromatic N) is 1. The highest BCUT2D eigenvalue weighted by Crippen LogP contribution is 2.26. The van der Waals surface area contributed by atoms with Gasteiger partial charge in [-0.05, 0) is 28.8 Å². The molecule has 1 aliphatic heterocycles. The second-order valence-corrected chi connectivity index (χ2v) is 5.56. The maximum absolute atomic E-state index is 10.9. The van der Waals surface area contributed by atoms with Gasteiger partial charge in [0.15, 0.2) is 0 Å². The number of aliphatic carboxylic acids is 1. The molecule has 2 N–H and O–H groups in total. The summed E-state index contributed by atoms with van der Waals surface area (Å²) in [6, 6.07) is 16.2. The zero-order valence-corrected chi connectivity index (χ0v) is 12.5. The number of nitrogens with one attached hydrogen (secondary N) is 1. The molecule has 0 aliphatic carbocycles. The van der Waals surface area contributed by atoms with Crippen molar-refractivity contribution in [3.05, 3.63) is 54.1 Å². The van der Waals surface area contributed by atoms with Crippen LogP contribution in [0.5, 0.6) is 0 Å². The van der Waals surface area contributed by atoms with Crippen molar-refractivity contribution in [2.45, 2.75) is 6.42 Å². The van der Waals surface area contributed by atoms with Gasteiger partial charge in [0, 0.05) is 31.9 Å². The molecule has 2 aromatic carbocycles. The van der Waals surface area contributed by atoms with E-state index < -0.39 is 5.97 Å². The average molecular weight is 296 g/mol. The highest BCUT2D eigenvalue weighted by atomic mass is 16.4. The van der Waals surface area contributed by atoms with E-state index in [1.807, 2.05) is 24.3 Å². The van der Waals surface area contributed by atoms with E-state index in [1.165, 1.54) is 5.69 Å². The third-order valence-electron chi connectivity index (χ3n) is 3.94. The number of carboxylic acid groups (broad SMARTS) is 1. The Morgan fingerprint density at radius 1 is 1.05 bits per heavy atom. The molecule has 4 heteroatoms. The van der Waals surface area contributed by atoms with Crippen LogP contribution in [0.4, 0.5) is 5.69 Å². The standard InChI is InChI=1S/C18H20N2O2/c21-18(22)12-14-3-1-4-15(11-14)16-5-2-6-17(13-16)20-9-7-19-8-10-20/h1-6,11,13,19H,7-10,12H2,(H,21,22). The number of carboxylic acids is 1. The van der Waals surface area contributed by atoms with Crippen molar-refractivity contribution >= 4 is 11.7 Å². The fraction of sp³-hybridized carbons (Fsp3) is 0.278. The highest BCUT2D eigenvalue weighted by Gasteiger charge is 2.11. The second kappa shape index (κ2) is 6.62. The number of hydrogen-bond donors (Lipinski definition) is 2. The number of carbonyl (C=O) groups is 1. The summed E-state index contributed by atoms with van der Waals surface area (Å²) >= 11 is 0. The van der Waals surface area contributed by atoms with Crippen molar-refractivity contribution in [1.29, 1.82) is 0 Å². The molecule has 1 fully saturated rings. The van der Waals surface area contributed by atoms with E-state index >= 15 is 0 Å². The van der Waals surface area contributed by atoms with Gasteiger partial charge in [-0.25, -0.2) is 0 Å². The predicted molar refractivity (Wildman–Crippen MR) is 88.3 cm³/mol. The van der Waals surface area contributed by atoms with E-state index in [-0.39, 0.29) is 6.42 Å². The Labute approximate surface area is 130 Å². The third-order valence-corrected chi connectivity index (χ3v) is 3.94. The Morgan fingerprint density at radius 3 is 2.45 bits per heavy atom. The van der Waals surface area contributed by atoms with Crippen LogP contribution in [0.2, 0.25) is 0 Å². The maximum atomic E-state index is 10.9. The van der Waals surface area contributed by atoms with Gasteiger partial charge in [-0.2, -0.15) is 0 Å². The maximum Gasteiger partial charge on any atom is 0.307 e. The van der Waals surface area contributed by atoms with Crippen molar-refractivity contribution < 1.29 is 9.90 Å². The van der Waals surface area contributed by atoms with E-state index in [4.69, 9.17) is 5.11 Å². The highest BCUT2D eigenvalue weighted by molar-refractivity contribution is 5.73. The SMILES string of the molecule is O=C(O)Cc1cccc(-c2cccc(N3CCNCC3)c2)c1. The molecule has 2 aromatic rings. The molecule has 0 radical (unpaired) electrons. The number of rotatable bonds is 4. The number of benzene rings is 2. The van der Waals surface area contributed by atoms with E-state index in [2.05, 4.69) is 34.5 Å². The Kier molecular flexibility index (Phi) is 4.39. The first kappa shape index (κ1) is 14.6. The van der Waals surface area contributed by atoms with Crippen LogP contribution < -0.4 is 10.2 Å². The monoisotopic (exact) mass is 296 g/mol. The predicted octanol–water partition coefficient (Wildman–Crippen LogP) is 2.39. The van der Waals surface area contributed by atoms with Gasteiger partial charge in [-0.3, -0.25) is 4.79 Å². The topological polar surface area (TPSA) is 52.6 Å². The van der Waals surface area contributed by atoms with Crippen LogP contribution in [0.15, 0.2) is 48.5 Å². The molecule has 4 nitrogen and oxygen atoms in total. The first-order chi connectivity index (χ1) is 10.7. The molecule has 3 rings (SSSR count). The van der Waals surface area contributed by atoms with Gasteiger partial charge in [-0.15, -0.1) is 0 Å². The lowest BCUT2D eigenvalue weighted by Crippen LogP contribution is -2.43. The molecule has 0 atom stereocenters. The molecule has 0 unspecified atom stereocenters. The molecule has 114 valence electrons.